The van der Waals surface area contributed by atoms with E-state index in [4.69, 9.17) is 5.14 Å². The summed E-state index contributed by atoms with van der Waals surface area (Å²) in [4.78, 5) is 38.2. The molecule has 0 bridgehead atoms. The van der Waals surface area contributed by atoms with Crippen molar-refractivity contribution in [3.8, 4) is 0 Å². The molecule has 3 heterocycles. The lowest BCUT2D eigenvalue weighted by atomic mass is 10.0. The number of β-lactam (4-membered cyclic amide) rings is 1. The fourth-order valence-corrected chi connectivity index (χ4v) is 7.44. The summed E-state index contributed by atoms with van der Waals surface area (Å²) in [7, 11) is -8.32. The number of aromatic nitrogens is 4. The van der Waals surface area contributed by atoms with Gasteiger partial charge in [-0.1, -0.05) is 30.0 Å². The Hall–Kier alpha value is -3.04. The second kappa shape index (κ2) is 11.2. The normalized spacial score (nSPS) is 19.4. The maximum absolute atomic E-state index is 12.9. The van der Waals surface area contributed by atoms with Gasteiger partial charge < -0.3 is 10.4 Å². The van der Waals surface area contributed by atoms with E-state index in [9.17, 15) is 40.9 Å². The van der Waals surface area contributed by atoms with Gasteiger partial charge in [-0.2, -0.15) is 8.42 Å². The molecule has 0 spiro atoms. The molecule has 2 aliphatic heterocycles. The predicted octanol–water partition coefficient (Wildman–Crippen LogP) is -1.72. The molecule has 20 heteroatoms. The smallest absolute Gasteiger partial charge is 0.352 e. The number of aryl methyl sites for hydroxylation is 1. The minimum Gasteiger partial charge on any atom is -0.477 e. The Balaban J connectivity index is 1.43. The number of hydrogen-bond acceptors (Lipinski definition) is 12. The zero-order chi connectivity index (χ0) is 28.5. The number of carbonyl (C=O) groups is 3. The van der Waals surface area contributed by atoms with E-state index in [1.807, 2.05) is 0 Å². The number of amides is 2. The highest BCUT2D eigenvalue weighted by Gasteiger charge is 2.54. The summed E-state index contributed by atoms with van der Waals surface area (Å²) in [5.74, 6) is -2.78. The number of tetrazole rings is 1. The summed E-state index contributed by atoms with van der Waals surface area (Å²) in [6, 6.07) is 4.35. The van der Waals surface area contributed by atoms with Crippen molar-refractivity contribution < 1.29 is 40.9 Å². The highest BCUT2D eigenvalue weighted by Crippen LogP contribution is 2.41. The molecule has 1 unspecified atom stereocenters. The van der Waals surface area contributed by atoms with E-state index in [0.717, 1.165) is 22.7 Å². The van der Waals surface area contributed by atoms with Gasteiger partial charge in [-0.3, -0.25) is 19.0 Å². The van der Waals surface area contributed by atoms with Crippen LogP contribution in [0.5, 0.6) is 0 Å². The number of hydrogen-bond donors (Lipinski definition) is 4. The Morgan fingerprint density at radius 1 is 1.23 bits per heavy atom. The second-order valence-corrected chi connectivity index (χ2v) is 13.5. The van der Waals surface area contributed by atoms with Crippen LogP contribution in [-0.4, -0.2) is 98.1 Å². The molecule has 2 amide bonds. The standard InChI is InChI=1S/C19H21N7O9S4/c20-38(31,32)6-5-25-19(22-23-24-25)37-9-11-8-36-17-14(16(28)26(17)15(11)18(29)30)21-13(27)7-10-3-1-2-4-12(10)39(33,34)35/h1-4,14,17H,5-9H2,(H,21,27)(H,29,30)(H2,20,31,32)(H,33,34,35)/t14?,17-/m1/s1. The summed E-state index contributed by atoms with van der Waals surface area (Å²) in [6.07, 6.45) is -0.430. The van der Waals surface area contributed by atoms with E-state index in [1.54, 1.807) is 0 Å². The first-order chi connectivity index (χ1) is 18.3. The van der Waals surface area contributed by atoms with Gasteiger partial charge in [0.2, 0.25) is 21.1 Å². The van der Waals surface area contributed by atoms with Crippen molar-refractivity contribution in [1.29, 1.82) is 0 Å². The van der Waals surface area contributed by atoms with Gasteiger partial charge in [0, 0.05) is 11.5 Å². The highest BCUT2D eigenvalue weighted by molar-refractivity contribution is 8.01. The fraction of sp³-hybridized carbons (Fsp3) is 0.368. The van der Waals surface area contributed by atoms with Crippen LogP contribution in [-0.2, 0) is 47.5 Å². The molecule has 1 aromatic carbocycles. The molecule has 2 aromatic rings. The Morgan fingerprint density at radius 2 is 1.95 bits per heavy atom. The van der Waals surface area contributed by atoms with Crippen molar-refractivity contribution in [2.24, 2.45) is 5.14 Å². The molecule has 0 aliphatic carbocycles. The molecule has 1 aromatic heterocycles. The molecule has 0 radical (unpaired) electrons. The second-order valence-electron chi connectivity index (χ2n) is 8.31. The Morgan fingerprint density at radius 3 is 2.62 bits per heavy atom. The molecular formula is C19H21N7O9S4. The number of carboxylic acid groups (broad SMARTS) is 1. The topological polar surface area (TPSA) is 245 Å². The van der Waals surface area contributed by atoms with Crippen LogP contribution in [0.2, 0.25) is 0 Å². The third-order valence-electron chi connectivity index (χ3n) is 5.63. The predicted molar refractivity (Wildman–Crippen MR) is 136 cm³/mol. The minimum atomic E-state index is -4.57. The molecule has 210 valence electrons. The van der Waals surface area contributed by atoms with Crippen LogP contribution in [0.15, 0.2) is 45.6 Å². The van der Waals surface area contributed by atoms with Crippen molar-refractivity contribution in [2.45, 2.75) is 34.4 Å². The maximum atomic E-state index is 12.9. The van der Waals surface area contributed by atoms with Crippen molar-refractivity contribution in [3.63, 3.8) is 0 Å². The van der Waals surface area contributed by atoms with E-state index in [0.29, 0.717) is 5.57 Å². The van der Waals surface area contributed by atoms with Gasteiger partial charge in [0.15, 0.2) is 0 Å². The first kappa shape index (κ1) is 29.0. The van der Waals surface area contributed by atoms with Gasteiger partial charge in [-0.25, -0.2) is 23.0 Å². The molecule has 39 heavy (non-hydrogen) atoms. The van der Waals surface area contributed by atoms with Gasteiger partial charge in [0.1, 0.15) is 17.1 Å². The average Bonchev–Trinajstić information content (AvgIpc) is 3.30. The molecule has 16 nitrogen and oxygen atoms in total. The third-order valence-corrected chi connectivity index (χ3v) is 9.72. The highest BCUT2D eigenvalue weighted by atomic mass is 32.2. The summed E-state index contributed by atoms with van der Waals surface area (Å²) >= 11 is 2.29. The Kier molecular flexibility index (Phi) is 8.33. The lowest BCUT2D eigenvalue weighted by molar-refractivity contribution is -0.150. The summed E-state index contributed by atoms with van der Waals surface area (Å²) in [5, 5.41) is 27.9. The van der Waals surface area contributed by atoms with Crippen LogP contribution in [0.3, 0.4) is 0 Å². The van der Waals surface area contributed by atoms with E-state index in [1.165, 1.54) is 34.6 Å². The number of thioether (sulfide) groups is 2. The van der Waals surface area contributed by atoms with Gasteiger partial charge in [0.25, 0.3) is 16.0 Å². The number of benzene rings is 1. The number of rotatable bonds is 11. The number of carbonyl (C=O) groups excluding carboxylic acids is 2. The van der Waals surface area contributed by atoms with Crippen LogP contribution < -0.4 is 10.5 Å². The monoisotopic (exact) mass is 619 g/mol. The average molecular weight is 620 g/mol. The van der Waals surface area contributed by atoms with E-state index in [-0.39, 0.29) is 34.5 Å². The van der Waals surface area contributed by atoms with Crippen molar-refractivity contribution in [2.75, 3.05) is 17.3 Å². The van der Waals surface area contributed by atoms with E-state index < -0.39 is 66.4 Å². The molecule has 2 atom stereocenters. The number of nitrogens with zero attached hydrogens (tertiary/aromatic N) is 5. The lowest BCUT2D eigenvalue weighted by Gasteiger charge is -2.49. The first-order valence-electron chi connectivity index (χ1n) is 10.9. The SMILES string of the molecule is NS(=O)(=O)CCn1nnnc1SCC1=C(C(=O)O)N2C(=O)C(NC(=O)Cc3ccccc3S(=O)(=O)O)[C@H]2SC1. The van der Waals surface area contributed by atoms with Crippen LogP contribution in [0.25, 0.3) is 0 Å². The molecule has 1 fully saturated rings. The molecular weight excluding hydrogens is 599 g/mol. The van der Waals surface area contributed by atoms with Crippen molar-refractivity contribution in [3.05, 3.63) is 41.1 Å². The summed E-state index contributed by atoms with van der Waals surface area (Å²) < 4.78 is 56.2. The largest absolute Gasteiger partial charge is 0.477 e. The first-order valence-corrected chi connectivity index (χ1v) is 16.1. The quantitative estimate of drug-likeness (QED) is 0.124. The summed E-state index contributed by atoms with van der Waals surface area (Å²) in [6.45, 7) is -0.101. The van der Waals surface area contributed by atoms with Crippen LogP contribution in [0.1, 0.15) is 5.56 Å². The van der Waals surface area contributed by atoms with Crippen LogP contribution in [0.4, 0.5) is 0 Å². The summed E-state index contributed by atoms with van der Waals surface area (Å²) in [5.41, 5.74) is 0.200. The van der Waals surface area contributed by atoms with E-state index >= 15 is 0 Å². The molecule has 5 N–H and O–H groups in total. The zero-order valence-electron chi connectivity index (χ0n) is 19.7. The number of carboxylic acids is 1. The number of fused-ring (bicyclic) bond motifs is 1. The van der Waals surface area contributed by atoms with E-state index in [2.05, 4.69) is 20.8 Å². The van der Waals surface area contributed by atoms with Crippen molar-refractivity contribution >= 4 is 61.4 Å². The molecule has 0 saturated carbocycles. The van der Waals surface area contributed by atoms with Crippen molar-refractivity contribution in [1.82, 2.24) is 30.4 Å². The van der Waals surface area contributed by atoms with Gasteiger partial charge in [-0.15, -0.1) is 16.9 Å². The number of nitrogens with one attached hydrogen (secondary N) is 1. The van der Waals surface area contributed by atoms with Gasteiger partial charge in [-0.05, 0) is 27.6 Å². The molecule has 2 aliphatic rings. The lowest BCUT2D eigenvalue weighted by Crippen LogP contribution is -2.70. The van der Waals surface area contributed by atoms with Gasteiger partial charge in [0.05, 0.1) is 23.6 Å². The van der Waals surface area contributed by atoms with Gasteiger partial charge >= 0.3 is 5.97 Å². The van der Waals surface area contributed by atoms with Crippen LogP contribution >= 0.6 is 23.5 Å². The van der Waals surface area contributed by atoms with Crippen LogP contribution in [0, 0.1) is 0 Å². The molecule has 4 rings (SSSR count). The maximum Gasteiger partial charge on any atom is 0.352 e. The number of primary sulfonamides is 1. The Labute approximate surface area is 230 Å². The number of aliphatic carboxylic acids is 1. The fourth-order valence-electron chi connectivity index (χ4n) is 3.90. The number of nitrogens with two attached hydrogens (primary N) is 1. The third kappa shape index (κ3) is 6.58. The number of sulfonamides is 1. The minimum absolute atomic E-state index is 0.0364. The molecule has 1 saturated heterocycles. The zero-order valence-corrected chi connectivity index (χ0v) is 23.0. The Bertz CT molecular complexity index is 1570.